The fourth-order valence-electron chi connectivity index (χ4n) is 1.97. The molecule has 1 aromatic carbocycles. The normalized spacial score (nSPS) is 16.9. The summed E-state index contributed by atoms with van der Waals surface area (Å²) in [4.78, 5) is 10.9. The van der Waals surface area contributed by atoms with Gasteiger partial charge in [0.2, 0.25) is 0 Å². The number of benzene rings is 1. The van der Waals surface area contributed by atoms with Gasteiger partial charge in [0.05, 0.1) is 6.61 Å². The van der Waals surface area contributed by atoms with Gasteiger partial charge in [0.1, 0.15) is 18.1 Å². The molecule has 2 rings (SSSR count). The van der Waals surface area contributed by atoms with E-state index in [4.69, 9.17) is 19.3 Å². The summed E-state index contributed by atoms with van der Waals surface area (Å²) in [6.07, 6.45) is -0.378. The SMILES string of the molecule is CC(C)COCCOc1ccc2c(c1)OC(C(=O)O)C2. The molecule has 1 N–H and O–H groups in total. The zero-order valence-electron chi connectivity index (χ0n) is 11.8. The minimum absolute atomic E-state index is 0.405. The van der Waals surface area contributed by atoms with E-state index < -0.39 is 12.1 Å². The summed E-state index contributed by atoms with van der Waals surface area (Å²) < 4.78 is 16.3. The van der Waals surface area contributed by atoms with Crippen LogP contribution in [0.25, 0.3) is 0 Å². The van der Waals surface area contributed by atoms with Crippen LogP contribution in [-0.4, -0.2) is 37.0 Å². The minimum atomic E-state index is -0.939. The number of ether oxygens (including phenoxy) is 3. The number of hydrogen-bond donors (Lipinski definition) is 1. The molecule has 0 aliphatic carbocycles. The maximum absolute atomic E-state index is 10.9. The molecule has 0 amide bonds. The summed E-state index contributed by atoms with van der Waals surface area (Å²) in [6, 6.07) is 5.41. The molecular weight excluding hydrogens is 260 g/mol. The number of aliphatic carboxylic acids is 1. The van der Waals surface area contributed by atoms with Crippen LogP contribution in [0, 0.1) is 5.92 Å². The number of rotatable bonds is 7. The topological polar surface area (TPSA) is 65.0 Å². The van der Waals surface area contributed by atoms with Gasteiger partial charge in [-0.25, -0.2) is 4.79 Å². The largest absolute Gasteiger partial charge is 0.491 e. The van der Waals surface area contributed by atoms with Gasteiger partial charge in [-0.2, -0.15) is 0 Å². The zero-order chi connectivity index (χ0) is 14.5. The molecule has 0 saturated heterocycles. The number of hydrogen-bond acceptors (Lipinski definition) is 4. The van der Waals surface area contributed by atoms with Crippen LogP contribution in [0.1, 0.15) is 19.4 Å². The monoisotopic (exact) mass is 280 g/mol. The standard InChI is InChI=1S/C15H20O5/c1-10(2)9-18-5-6-19-12-4-3-11-7-14(15(16)17)20-13(11)8-12/h3-4,8,10,14H,5-7,9H2,1-2H3,(H,16,17). The summed E-state index contributed by atoms with van der Waals surface area (Å²) in [6.45, 7) is 5.91. The summed E-state index contributed by atoms with van der Waals surface area (Å²) >= 11 is 0. The summed E-state index contributed by atoms with van der Waals surface area (Å²) in [5, 5.41) is 8.93. The van der Waals surface area contributed by atoms with Crippen LogP contribution >= 0.6 is 0 Å². The predicted molar refractivity (Wildman–Crippen MR) is 73.3 cm³/mol. The maximum Gasteiger partial charge on any atom is 0.345 e. The van der Waals surface area contributed by atoms with Crippen LogP contribution in [0.15, 0.2) is 18.2 Å². The fourth-order valence-corrected chi connectivity index (χ4v) is 1.97. The maximum atomic E-state index is 10.9. The van der Waals surface area contributed by atoms with E-state index in [0.717, 1.165) is 12.2 Å². The molecule has 0 saturated carbocycles. The second-order valence-corrected chi connectivity index (χ2v) is 5.24. The van der Waals surface area contributed by atoms with Crippen LogP contribution < -0.4 is 9.47 Å². The van der Waals surface area contributed by atoms with Crippen LogP contribution in [0.5, 0.6) is 11.5 Å². The van der Waals surface area contributed by atoms with Crippen molar-refractivity contribution >= 4 is 5.97 Å². The first kappa shape index (κ1) is 14.7. The van der Waals surface area contributed by atoms with Crippen LogP contribution in [-0.2, 0) is 16.0 Å². The molecular formula is C15H20O5. The Balaban J connectivity index is 1.81. The number of carbonyl (C=O) groups is 1. The third kappa shape index (κ3) is 3.87. The molecule has 1 atom stereocenters. The number of carboxylic acids is 1. The van der Waals surface area contributed by atoms with Gasteiger partial charge in [-0.1, -0.05) is 19.9 Å². The van der Waals surface area contributed by atoms with Crippen molar-refractivity contribution in [2.45, 2.75) is 26.4 Å². The van der Waals surface area contributed by atoms with Crippen molar-refractivity contribution in [1.82, 2.24) is 0 Å². The lowest BCUT2D eigenvalue weighted by atomic mass is 10.1. The van der Waals surface area contributed by atoms with E-state index in [2.05, 4.69) is 13.8 Å². The molecule has 0 bridgehead atoms. The van der Waals surface area contributed by atoms with E-state index in [1.54, 1.807) is 6.07 Å². The molecule has 1 heterocycles. The lowest BCUT2D eigenvalue weighted by Crippen LogP contribution is -2.24. The predicted octanol–water partition coefficient (Wildman–Crippen LogP) is 2.13. The van der Waals surface area contributed by atoms with Crippen LogP contribution in [0.2, 0.25) is 0 Å². The molecule has 0 fully saturated rings. The Morgan fingerprint density at radius 2 is 2.25 bits per heavy atom. The highest BCUT2D eigenvalue weighted by Gasteiger charge is 2.28. The number of carboxylic acid groups (broad SMARTS) is 1. The van der Waals surface area contributed by atoms with E-state index >= 15 is 0 Å². The van der Waals surface area contributed by atoms with Crippen molar-refractivity contribution in [3.05, 3.63) is 23.8 Å². The highest BCUT2D eigenvalue weighted by atomic mass is 16.5. The molecule has 0 spiro atoms. The molecule has 1 unspecified atom stereocenters. The van der Waals surface area contributed by atoms with Gasteiger partial charge in [0.15, 0.2) is 6.10 Å². The third-order valence-electron chi connectivity index (χ3n) is 2.94. The van der Waals surface area contributed by atoms with E-state index in [1.165, 1.54) is 0 Å². The van der Waals surface area contributed by atoms with Gasteiger partial charge in [-0.15, -0.1) is 0 Å². The average molecular weight is 280 g/mol. The van der Waals surface area contributed by atoms with Gasteiger partial charge < -0.3 is 19.3 Å². The zero-order valence-corrected chi connectivity index (χ0v) is 11.8. The molecule has 20 heavy (non-hydrogen) atoms. The highest BCUT2D eigenvalue weighted by molar-refractivity contribution is 5.74. The Morgan fingerprint density at radius 3 is 2.95 bits per heavy atom. The fraction of sp³-hybridized carbons (Fsp3) is 0.533. The molecule has 1 aromatic rings. The molecule has 1 aliphatic heterocycles. The van der Waals surface area contributed by atoms with Crippen molar-refractivity contribution in [3.63, 3.8) is 0 Å². The first-order chi connectivity index (χ1) is 9.56. The van der Waals surface area contributed by atoms with Crippen LogP contribution in [0.3, 0.4) is 0 Å². The molecule has 0 radical (unpaired) electrons. The Bertz CT molecular complexity index is 469. The van der Waals surface area contributed by atoms with Crippen molar-refractivity contribution < 1.29 is 24.1 Å². The van der Waals surface area contributed by atoms with Crippen molar-refractivity contribution in [2.75, 3.05) is 19.8 Å². The third-order valence-corrected chi connectivity index (χ3v) is 2.94. The molecule has 5 heteroatoms. The lowest BCUT2D eigenvalue weighted by Gasteiger charge is -2.09. The Hall–Kier alpha value is -1.75. The molecule has 0 aromatic heterocycles. The highest BCUT2D eigenvalue weighted by Crippen LogP contribution is 2.32. The Kier molecular flexibility index (Phi) is 4.84. The first-order valence-corrected chi connectivity index (χ1v) is 6.79. The quantitative estimate of drug-likeness (QED) is 0.775. The molecule has 1 aliphatic rings. The van der Waals surface area contributed by atoms with Crippen molar-refractivity contribution in [3.8, 4) is 11.5 Å². The van der Waals surface area contributed by atoms with Gasteiger partial charge in [-0.05, 0) is 17.5 Å². The van der Waals surface area contributed by atoms with Gasteiger partial charge in [0, 0.05) is 19.1 Å². The van der Waals surface area contributed by atoms with Crippen LogP contribution in [0.4, 0.5) is 0 Å². The number of fused-ring (bicyclic) bond motifs is 1. The van der Waals surface area contributed by atoms with E-state index in [0.29, 0.717) is 37.1 Å². The Morgan fingerprint density at radius 1 is 1.45 bits per heavy atom. The minimum Gasteiger partial charge on any atom is -0.491 e. The summed E-state index contributed by atoms with van der Waals surface area (Å²) in [7, 11) is 0. The second kappa shape index (κ2) is 6.61. The first-order valence-electron chi connectivity index (χ1n) is 6.79. The van der Waals surface area contributed by atoms with Crippen molar-refractivity contribution in [2.24, 2.45) is 5.92 Å². The second-order valence-electron chi connectivity index (χ2n) is 5.24. The van der Waals surface area contributed by atoms with Gasteiger partial charge in [-0.3, -0.25) is 0 Å². The Labute approximate surface area is 118 Å². The summed E-state index contributed by atoms with van der Waals surface area (Å²) in [5.41, 5.74) is 0.904. The van der Waals surface area contributed by atoms with E-state index in [1.807, 2.05) is 12.1 Å². The molecule has 110 valence electrons. The lowest BCUT2D eigenvalue weighted by molar-refractivity contribution is -0.144. The summed E-state index contributed by atoms with van der Waals surface area (Å²) in [5.74, 6) is 0.836. The smallest absolute Gasteiger partial charge is 0.345 e. The van der Waals surface area contributed by atoms with Gasteiger partial charge >= 0.3 is 5.97 Å². The van der Waals surface area contributed by atoms with E-state index in [-0.39, 0.29) is 0 Å². The van der Waals surface area contributed by atoms with Gasteiger partial charge in [0.25, 0.3) is 0 Å². The van der Waals surface area contributed by atoms with Crippen molar-refractivity contribution in [1.29, 1.82) is 0 Å². The van der Waals surface area contributed by atoms with E-state index in [9.17, 15) is 4.79 Å². The molecule has 5 nitrogen and oxygen atoms in total. The average Bonchev–Trinajstić information content (AvgIpc) is 2.81.